The van der Waals surface area contributed by atoms with E-state index in [0.29, 0.717) is 18.9 Å². The Morgan fingerprint density at radius 1 is 1.09 bits per heavy atom. The second-order valence-electron chi connectivity index (χ2n) is 7.47. The van der Waals surface area contributed by atoms with E-state index in [1.807, 2.05) is 24.0 Å². The molecule has 0 aliphatic carbocycles. The largest absolute Gasteiger partial charge is 0.494 e. The second-order valence-corrected chi connectivity index (χ2v) is 7.47. The molecule has 1 heterocycles. The summed E-state index contributed by atoms with van der Waals surface area (Å²) in [5, 5.41) is 0. The van der Waals surface area contributed by atoms with Crippen LogP contribution in [0.25, 0.3) is 0 Å². The number of carbonyl (C=O) groups is 1. The Morgan fingerprint density at radius 3 is 2.22 bits per heavy atom. The van der Waals surface area contributed by atoms with E-state index in [1.54, 1.807) is 0 Å². The van der Waals surface area contributed by atoms with Crippen molar-refractivity contribution in [2.45, 2.75) is 40.7 Å². The third kappa shape index (κ3) is 5.87. The standard InChI is InChI=1S/C19H30N2O2/c1-5-23-17-8-6-16(7-9-17)15-20-10-12-21(13-11-20)18(22)14-19(2,3)4/h6-9H,5,10-15H2,1-4H3. The van der Waals surface area contributed by atoms with Gasteiger partial charge in [-0.1, -0.05) is 32.9 Å². The molecule has 4 nitrogen and oxygen atoms in total. The van der Waals surface area contributed by atoms with E-state index < -0.39 is 0 Å². The van der Waals surface area contributed by atoms with Gasteiger partial charge in [0.15, 0.2) is 0 Å². The van der Waals surface area contributed by atoms with Crippen molar-refractivity contribution in [3.63, 3.8) is 0 Å². The zero-order valence-electron chi connectivity index (χ0n) is 15.0. The van der Waals surface area contributed by atoms with Gasteiger partial charge in [0, 0.05) is 39.1 Å². The van der Waals surface area contributed by atoms with Crippen LogP contribution in [0, 0.1) is 5.41 Å². The molecule has 1 aliphatic heterocycles. The van der Waals surface area contributed by atoms with Crippen LogP contribution in [0.4, 0.5) is 0 Å². The number of carbonyl (C=O) groups excluding carboxylic acids is 1. The summed E-state index contributed by atoms with van der Waals surface area (Å²) in [5.41, 5.74) is 1.36. The van der Waals surface area contributed by atoms with Gasteiger partial charge in [0.1, 0.15) is 5.75 Å². The molecule has 1 saturated heterocycles. The van der Waals surface area contributed by atoms with Crippen LogP contribution in [0.15, 0.2) is 24.3 Å². The summed E-state index contributed by atoms with van der Waals surface area (Å²) < 4.78 is 5.47. The fourth-order valence-corrected chi connectivity index (χ4v) is 2.84. The van der Waals surface area contributed by atoms with Crippen LogP contribution in [-0.4, -0.2) is 48.5 Å². The summed E-state index contributed by atoms with van der Waals surface area (Å²) >= 11 is 0. The molecule has 1 aromatic carbocycles. The van der Waals surface area contributed by atoms with Crippen molar-refractivity contribution >= 4 is 5.91 Å². The van der Waals surface area contributed by atoms with Gasteiger partial charge in [0.2, 0.25) is 5.91 Å². The first-order valence-corrected chi connectivity index (χ1v) is 8.59. The fraction of sp³-hybridized carbons (Fsp3) is 0.632. The predicted octanol–water partition coefficient (Wildman–Crippen LogP) is 3.17. The highest BCUT2D eigenvalue weighted by Crippen LogP contribution is 2.21. The number of amides is 1. The lowest BCUT2D eigenvalue weighted by Gasteiger charge is -2.36. The van der Waals surface area contributed by atoms with E-state index in [-0.39, 0.29) is 5.41 Å². The van der Waals surface area contributed by atoms with Gasteiger partial charge < -0.3 is 9.64 Å². The Labute approximate surface area is 140 Å². The molecule has 0 radical (unpaired) electrons. The van der Waals surface area contributed by atoms with E-state index in [4.69, 9.17) is 4.74 Å². The Bertz CT molecular complexity index is 497. The quantitative estimate of drug-likeness (QED) is 0.836. The lowest BCUT2D eigenvalue weighted by atomic mass is 9.91. The van der Waals surface area contributed by atoms with Gasteiger partial charge in [0.25, 0.3) is 0 Å². The van der Waals surface area contributed by atoms with Crippen LogP contribution in [0.1, 0.15) is 39.7 Å². The smallest absolute Gasteiger partial charge is 0.223 e. The van der Waals surface area contributed by atoms with Crippen LogP contribution in [-0.2, 0) is 11.3 Å². The van der Waals surface area contributed by atoms with Gasteiger partial charge in [-0.05, 0) is 30.0 Å². The van der Waals surface area contributed by atoms with Crippen molar-refractivity contribution < 1.29 is 9.53 Å². The maximum absolute atomic E-state index is 12.3. The third-order valence-electron chi connectivity index (χ3n) is 4.05. The zero-order valence-corrected chi connectivity index (χ0v) is 15.0. The molecule has 1 amide bonds. The van der Waals surface area contributed by atoms with E-state index in [1.165, 1.54) is 5.56 Å². The van der Waals surface area contributed by atoms with Crippen LogP contribution in [0.3, 0.4) is 0 Å². The maximum atomic E-state index is 12.3. The molecule has 0 N–H and O–H groups in total. The Hall–Kier alpha value is -1.55. The Morgan fingerprint density at radius 2 is 1.70 bits per heavy atom. The van der Waals surface area contributed by atoms with E-state index >= 15 is 0 Å². The van der Waals surface area contributed by atoms with Crippen molar-refractivity contribution in [3.05, 3.63) is 29.8 Å². The Balaban J connectivity index is 1.79. The van der Waals surface area contributed by atoms with Gasteiger partial charge in [0.05, 0.1) is 6.61 Å². The average molecular weight is 318 g/mol. The molecule has 0 unspecified atom stereocenters. The summed E-state index contributed by atoms with van der Waals surface area (Å²) in [6, 6.07) is 8.31. The lowest BCUT2D eigenvalue weighted by molar-refractivity contribution is -0.134. The molecule has 0 saturated carbocycles. The zero-order chi connectivity index (χ0) is 16.9. The second kappa shape index (κ2) is 7.82. The minimum atomic E-state index is 0.0660. The Kier molecular flexibility index (Phi) is 6.05. The molecule has 0 atom stereocenters. The van der Waals surface area contributed by atoms with Gasteiger partial charge in [-0.15, -0.1) is 0 Å². The van der Waals surface area contributed by atoms with Gasteiger partial charge in [-0.2, -0.15) is 0 Å². The van der Waals surface area contributed by atoms with Crippen molar-refractivity contribution in [1.29, 1.82) is 0 Å². The molecule has 1 aromatic rings. The lowest BCUT2D eigenvalue weighted by Crippen LogP contribution is -2.48. The topological polar surface area (TPSA) is 32.8 Å². The minimum Gasteiger partial charge on any atom is -0.494 e. The molecular formula is C19H30N2O2. The first-order valence-electron chi connectivity index (χ1n) is 8.59. The van der Waals surface area contributed by atoms with Crippen molar-refractivity contribution in [1.82, 2.24) is 9.80 Å². The number of ether oxygens (including phenoxy) is 1. The third-order valence-corrected chi connectivity index (χ3v) is 4.05. The van der Waals surface area contributed by atoms with Crippen molar-refractivity contribution in [2.24, 2.45) is 5.41 Å². The molecule has 2 rings (SSSR count). The minimum absolute atomic E-state index is 0.0660. The first kappa shape index (κ1) is 17.8. The monoisotopic (exact) mass is 318 g/mol. The van der Waals surface area contributed by atoms with Gasteiger partial charge in [-0.3, -0.25) is 9.69 Å². The fourth-order valence-electron chi connectivity index (χ4n) is 2.84. The van der Waals surface area contributed by atoms with Crippen molar-refractivity contribution in [3.8, 4) is 5.75 Å². The van der Waals surface area contributed by atoms with E-state index in [2.05, 4.69) is 37.8 Å². The summed E-state index contributed by atoms with van der Waals surface area (Å²) in [5.74, 6) is 1.21. The summed E-state index contributed by atoms with van der Waals surface area (Å²) in [4.78, 5) is 16.7. The maximum Gasteiger partial charge on any atom is 0.223 e. The molecule has 0 bridgehead atoms. The predicted molar refractivity (Wildman–Crippen MR) is 93.5 cm³/mol. The van der Waals surface area contributed by atoms with Crippen LogP contribution >= 0.6 is 0 Å². The molecular weight excluding hydrogens is 288 g/mol. The molecule has 128 valence electrons. The summed E-state index contributed by atoms with van der Waals surface area (Å²) in [7, 11) is 0. The van der Waals surface area contributed by atoms with E-state index in [9.17, 15) is 4.79 Å². The number of rotatable bonds is 5. The van der Waals surface area contributed by atoms with Crippen molar-refractivity contribution in [2.75, 3.05) is 32.8 Å². The SMILES string of the molecule is CCOc1ccc(CN2CCN(C(=O)CC(C)(C)C)CC2)cc1. The summed E-state index contributed by atoms with van der Waals surface area (Å²) in [6.45, 7) is 13.6. The molecule has 0 aromatic heterocycles. The first-order chi connectivity index (χ1) is 10.9. The number of hydrogen-bond donors (Lipinski definition) is 0. The number of hydrogen-bond acceptors (Lipinski definition) is 3. The molecule has 1 aliphatic rings. The van der Waals surface area contributed by atoms with Crippen LogP contribution < -0.4 is 4.74 Å². The van der Waals surface area contributed by atoms with E-state index in [0.717, 1.165) is 38.5 Å². The molecule has 0 spiro atoms. The number of benzene rings is 1. The highest BCUT2D eigenvalue weighted by atomic mass is 16.5. The normalized spacial score (nSPS) is 16.4. The van der Waals surface area contributed by atoms with Gasteiger partial charge >= 0.3 is 0 Å². The molecule has 4 heteroatoms. The average Bonchev–Trinajstić information content (AvgIpc) is 2.48. The van der Waals surface area contributed by atoms with Crippen LogP contribution in [0.2, 0.25) is 0 Å². The van der Waals surface area contributed by atoms with Crippen LogP contribution in [0.5, 0.6) is 5.75 Å². The molecule has 1 fully saturated rings. The highest BCUT2D eigenvalue weighted by molar-refractivity contribution is 5.76. The molecule has 23 heavy (non-hydrogen) atoms. The van der Waals surface area contributed by atoms with Gasteiger partial charge in [-0.25, -0.2) is 0 Å². The number of piperazine rings is 1. The number of nitrogens with zero attached hydrogens (tertiary/aromatic N) is 2. The highest BCUT2D eigenvalue weighted by Gasteiger charge is 2.24. The summed E-state index contributed by atoms with van der Waals surface area (Å²) in [6.07, 6.45) is 0.631.